The molecule has 0 aliphatic heterocycles. The predicted molar refractivity (Wildman–Crippen MR) is 68.9 cm³/mol. The molecule has 1 heterocycles. The summed E-state index contributed by atoms with van der Waals surface area (Å²) >= 11 is 9.30. The third-order valence-corrected chi connectivity index (χ3v) is 2.92. The first-order valence-corrected chi connectivity index (χ1v) is 5.84. The summed E-state index contributed by atoms with van der Waals surface area (Å²) in [5.74, 6) is 0.654. The molecule has 0 aliphatic rings. The van der Waals surface area contributed by atoms with Crippen LogP contribution in [0.25, 0.3) is 11.3 Å². The lowest BCUT2D eigenvalue weighted by molar-refractivity contribution is 0.415. The van der Waals surface area contributed by atoms with Crippen molar-refractivity contribution in [1.82, 2.24) is 4.98 Å². The zero-order chi connectivity index (χ0) is 11.5. The summed E-state index contributed by atoms with van der Waals surface area (Å²) in [6.07, 6.45) is 0. The van der Waals surface area contributed by atoms with E-state index >= 15 is 0 Å². The summed E-state index contributed by atoms with van der Waals surface area (Å²) in [5, 5.41) is 0.598. The number of ether oxygens (including phenoxy) is 1. The van der Waals surface area contributed by atoms with Crippen LogP contribution in [0.4, 0.5) is 0 Å². The van der Waals surface area contributed by atoms with Gasteiger partial charge in [-0.2, -0.15) is 0 Å². The van der Waals surface area contributed by atoms with E-state index in [-0.39, 0.29) is 0 Å². The van der Waals surface area contributed by atoms with Gasteiger partial charge in [-0.1, -0.05) is 23.7 Å². The van der Waals surface area contributed by atoms with E-state index in [0.717, 1.165) is 15.9 Å². The minimum absolute atomic E-state index is 0.598. The molecule has 4 heteroatoms. The molecule has 0 unspecified atom stereocenters. The minimum Gasteiger partial charge on any atom is -0.495 e. The average Bonchev–Trinajstić information content (AvgIpc) is 2.29. The van der Waals surface area contributed by atoms with Crippen LogP contribution < -0.4 is 4.74 Å². The highest BCUT2D eigenvalue weighted by atomic mass is 79.9. The number of rotatable bonds is 2. The maximum absolute atomic E-state index is 5.96. The van der Waals surface area contributed by atoms with E-state index < -0.39 is 0 Å². The van der Waals surface area contributed by atoms with E-state index in [9.17, 15) is 0 Å². The average molecular weight is 299 g/mol. The molecular formula is C12H9BrClNO. The van der Waals surface area contributed by atoms with E-state index in [1.807, 2.05) is 30.3 Å². The van der Waals surface area contributed by atoms with Crippen molar-refractivity contribution in [2.24, 2.45) is 0 Å². The van der Waals surface area contributed by atoms with Gasteiger partial charge in [0.05, 0.1) is 17.8 Å². The van der Waals surface area contributed by atoms with Crippen molar-refractivity contribution in [1.29, 1.82) is 0 Å². The van der Waals surface area contributed by atoms with Gasteiger partial charge in [-0.05, 0) is 40.2 Å². The topological polar surface area (TPSA) is 22.1 Å². The molecule has 0 atom stereocenters. The van der Waals surface area contributed by atoms with Gasteiger partial charge in [0.1, 0.15) is 10.4 Å². The van der Waals surface area contributed by atoms with Crippen LogP contribution in [0.3, 0.4) is 0 Å². The fraction of sp³-hybridized carbons (Fsp3) is 0.0833. The van der Waals surface area contributed by atoms with Gasteiger partial charge in [-0.25, -0.2) is 4.98 Å². The molecule has 82 valence electrons. The molecule has 2 nitrogen and oxygen atoms in total. The third kappa shape index (κ3) is 2.36. The van der Waals surface area contributed by atoms with E-state index in [2.05, 4.69) is 20.9 Å². The Hall–Kier alpha value is -1.06. The summed E-state index contributed by atoms with van der Waals surface area (Å²) in [4.78, 5) is 4.37. The Kier molecular flexibility index (Phi) is 3.46. The van der Waals surface area contributed by atoms with Gasteiger partial charge >= 0.3 is 0 Å². The zero-order valence-electron chi connectivity index (χ0n) is 8.58. The number of benzene rings is 1. The molecule has 0 N–H and O–H groups in total. The number of hydrogen-bond donors (Lipinski definition) is 0. The van der Waals surface area contributed by atoms with Crippen LogP contribution >= 0.6 is 27.5 Å². The van der Waals surface area contributed by atoms with Crippen molar-refractivity contribution in [3.8, 4) is 17.0 Å². The molecule has 0 radical (unpaired) electrons. The monoisotopic (exact) mass is 297 g/mol. The molecule has 0 saturated heterocycles. The van der Waals surface area contributed by atoms with Gasteiger partial charge in [0, 0.05) is 5.56 Å². The van der Waals surface area contributed by atoms with Crippen molar-refractivity contribution in [3.05, 3.63) is 46.0 Å². The fourth-order valence-electron chi connectivity index (χ4n) is 1.39. The number of halogens is 2. The molecular weight excluding hydrogens is 289 g/mol. The summed E-state index contributed by atoms with van der Waals surface area (Å²) in [7, 11) is 1.60. The molecule has 2 aromatic rings. The molecule has 0 aliphatic carbocycles. The van der Waals surface area contributed by atoms with E-state index in [0.29, 0.717) is 10.8 Å². The number of pyridine rings is 1. The highest BCUT2D eigenvalue weighted by molar-refractivity contribution is 9.10. The lowest BCUT2D eigenvalue weighted by Crippen LogP contribution is -1.87. The van der Waals surface area contributed by atoms with Crippen LogP contribution in [0.1, 0.15) is 0 Å². The van der Waals surface area contributed by atoms with Gasteiger partial charge in [-0.15, -0.1) is 0 Å². The molecule has 1 aromatic carbocycles. The standard InChI is InChI=1S/C12H9BrClNO/c1-16-11-7-8(5-6-9(11)14)10-3-2-4-12(13)15-10/h2-7H,1H3. The molecule has 0 spiro atoms. The molecule has 0 amide bonds. The van der Waals surface area contributed by atoms with Crippen LogP contribution in [0.15, 0.2) is 41.0 Å². The first-order valence-electron chi connectivity index (χ1n) is 4.67. The Balaban J connectivity index is 2.48. The summed E-state index contributed by atoms with van der Waals surface area (Å²) in [6.45, 7) is 0. The van der Waals surface area contributed by atoms with Gasteiger partial charge in [0.2, 0.25) is 0 Å². The quantitative estimate of drug-likeness (QED) is 0.776. The van der Waals surface area contributed by atoms with E-state index in [4.69, 9.17) is 16.3 Å². The molecule has 0 fully saturated rings. The second-order valence-corrected chi connectivity index (χ2v) is 4.41. The van der Waals surface area contributed by atoms with Crippen LogP contribution in [0, 0.1) is 0 Å². The van der Waals surface area contributed by atoms with Gasteiger partial charge in [0.15, 0.2) is 0 Å². The number of aromatic nitrogens is 1. The van der Waals surface area contributed by atoms with Crippen LogP contribution in [-0.4, -0.2) is 12.1 Å². The second-order valence-electron chi connectivity index (χ2n) is 3.19. The fourth-order valence-corrected chi connectivity index (χ4v) is 1.93. The zero-order valence-corrected chi connectivity index (χ0v) is 10.9. The summed E-state index contributed by atoms with van der Waals surface area (Å²) in [5.41, 5.74) is 1.85. The first-order chi connectivity index (χ1) is 7.70. The molecule has 2 rings (SSSR count). The van der Waals surface area contributed by atoms with Crippen molar-refractivity contribution < 1.29 is 4.74 Å². The smallest absolute Gasteiger partial charge is 0.138 e. The van der Waals surface area contributed by atoms with Crippen LogP contribution in [-0.2, 0) is 0 Å². The molecule has 0 saturated carbocycles. The minimum atomic E-state index is 0.598. The van der Waals surface area contributed by atoms with Crippen molar-refractivity contribution in [2.75, 3.05) is 7.11 Å². The maximum Gasteiger partial charge on any atom is 0.138 e. The highest BCUT2D eigenvalue weighted by Gasteiger charge is 2.05. The number of nitrogens with zero attached hydrogens (tertiary/aromatic N) is 1. The van der Waals surface area contributed by atoms with E-state index in [1.165, 1.54) is 0 Å². The van der Waals surface area contributed by atoms with Gasteiger partial charge < -0.3 is 4.74 Å². The Morgan fingerprint density at radius 2 is 2.06 bits per heavy atom. The van der Waals surface area contributed by atoms with Crippen LogP contribution in [0.5, 0.6) is 5.75 Å². The largest absolute Gasteiger partial charge is 0.495 e. The highest BCUT2D eigenvalue weighted by Crippen LogP contribution is 2.29. The van der Waals surface area contributed by atoms with Crippen molar-refractivity contribution in [2.45, 2.75) is 0 Å². The second kappa shape index (κ2) is 4.85. The van der Waals surface area contributed by atoms with E-state index in [1.54, 1.807) is 13.2 Å². The summed E-state index contributed by atoms with van der Waals surface area (Å²) < 4.78 is 5.97. The number of hydrogen-bond acceptors (Lipinski definition) is 2. The molecule has 16 heavy (non-hydrogen) atoms. The van der Waals surface area contributed by atoms with Gasteiger partial charge in [-0.3, -0.25) is 0 Å². The Morgan fingerprint density at radius 1 is 1.25 bits per heavy atom. The Morgan fingerprint density at radius 3 is 2.75 bits per heavy atom. The maximum atomic E-state index is 5.96. The van der Waals surface area contributed by atoms with Crippen molar-refractivity contribution in [3.63, 3.8) is 0 Å². The summed E-state index contributed by atoms with van der Waals surface area (Å²) in [6, 6.07) is 11.4. The molecule has 1 aromatic heterocycles. The van der Waals surface area contributed by atoms with Crippen molar-refractivity contribution >= 4 is 27.5 Å². The van der Waals surface area contributed by atoms with Gasteiger partial charge in [0.25, 0.3) is 0 Å². The SMILES string of the molecule is COc1cc(-c2cccc(Br)n2)ccc1Cl. The predicted octanol–water partition coefficient (Wildman–Crippen LogP) is 4.17. The van der Waals surface area contributed by atoms with Crippen LogP contribution in [0.2, 0.25) is 5.02 Å². The Bertz CT molecular complexity index is 516. The normalized spacial score (nSPS) is 10.2. The third-order valence-electron chi connectivity index (χ3n) is 2.16. The lowest BCUT2D eigenvalue weighted by Gasteiger charge is -2.06. The lowest BCUT2D eigenvalue weighted by atomic mass is 10.1. The number of methoxy groups -OCH3 is 1. The molecule has 0 bridgehead atoms. The Labute approximate surface area is 107 Å². The first kappa shape index (κ1) is 11.4.